The van der Waals surface area contributed by atoms with Crippen molar-refractivity contribution in [3.63, 3.8) is 0 Å². The SMILES string of the molecule is COC(=O)c1cccc(Cn2c(=O)n([C@@H]3CCOc4c(F)ccc(F)c43)c3nc(-n4cnc5ccc(C#N)cc54)ncc32)c1. The zero-order chi connectivity index (χ0) is 30.5. The molecule has 0 spiro atoms. The van der Waals surface area contributed by atoms with Gasteiger partial charge >= 0.3 is 11.7 Å². The molecule has 1 aliphatic heterocycles. The monoisotopic (exact) mass is 593 g/mol. The largest absolute Gasteiger partial charge is 0.490 e. The summed E-state index contributed by atoms with van der Waals surface area (Å²) in [5.41, 5.74) is 2.37. The summed E-state index contributed by atoms with van der Waals surface area (Å²) in [7, 11) is 1.28. The number of hydrogen-bond acceptors (Lipinski definition) is 8. The molecule has 4 heterocycles. The molecule has 0 fully saturated rings. The van der Waals surface area contributed by atoms with Gasteiger partial charge in [0.25, 0.3) is 0 Å². The quantitative estimate of drug-likeness (QED) is 0.271. The van der Waals surface area contributed by atoms with Crippen LogP contribution >= 0.6 is 0 Å². The van der Waals surface area contributed by atoms with E-state index in [0.717, 1.165) is 12.1 Å². The fourth-order valence-electron chi connectivity index (χ4n) is 5.61. The third-order valence-electron chi connectivity index (χ3n) is 7.65. The molecule has 6 aromatic rings. The van der Waals surface area contributed by atoms with Gasteiger partial charge in [0.2, 0.25) is 5.95 Å². The Morgan fingerprint density at radius 2 is 1.95 bits per heavy atom. The number of rotatable bonds is 5. The molecule has 3 aromatic heterocycles. The Morgan fingerprint density at radius 3 is 2.77 bits per heavy atom. The number of fused-ring (bicyclic) bond motifs is 3. The second kappa shape index (κ2) is 10.4. The predicted octanol–water partition coefficient (Wildman–Crippen LogP) is 4.29. The van der Waals surface area contributed by atoms with E-state index in [9.17, 15) is 19.2 Å². The van der Waals surface area contributed by atoms with Crippen LogP contribution in [0, 0.1) is 23.0 Å². The topological polar surface area (TPSA) is 130 Å². The second-order valence-corrected chi connectivity index (χ2v) is 10.2. The smallest absolute Gasteiger partial charge is 0.337 e. The van der Waals surface area contributed by atoms with E-state index in [4.69, 9.17) is 14.5 Å². The maximum absolute atomic E-state index is 15.3. The van der Waals surface area contributed by atoms with Crippen molar-refractivity contribution in [2.24, 2.45) is 0 Å². The minimum absolute atomic E-state index is 0.0249. The lowest BCUT2D eigenvalue weighted by molar-refractivity contribution is 0.0600. The van der Waals surface area contributed by atoms with Crippen LogP contribution in [0.5, 0.6) is 5.75 Å². The van der Waals surface area contributed by atoms with E-state index in [0.29, 0.717) is 33.2 Å². The van der Waals surface area contributed by atoms with E-state index in [-0.39, 0.29) is 42.5 Å². The van der Waals surface area contributed by atoms with Gasteiger partial charge in [-0.3, -0.25) is 13.7 Å². The maximum Gasteiger partial charge on any atom is 0.337 e. The summed E-state index contributed by atoms with van der Waals surface area (Å²) in [5, 5.41) is 9.41. The summed E-state index contributed by atoms with van der Waals surface area (Å²) >= 11 is 0. The highest BCUT2D eigenvalue weighted by molar-refractivity contribution is 5.89. The van der Waals surface area contributed by atoms with E-state index >= 15 is 4.39 Å². The summed E-state index contributed by atoms with van der Waals surface area (Å²) in [6.45, 7) is 0.0660. The van der Waals surface area contributed by atoms with E-state index in [1.165, 1.54) is 28.8 Å². The van der Waals surface area contributed by atoms with Crippen molar-refractivity contribution in [2.75, 3.05) is 13.7 Å². The number of hydrogen-bond donors (Lipinski definition) is 0. The summed E-state index contributed by atoms with van der Waals surface area (Å²) in [6, 6.07) is 14.8. The molecule has 3 aromatic carbocycles. The van der Waals surface area contributed by atoms with Crippen LogP contribution in [0.1, 0.15) is 39.5 Å². The molecule has 11 nitrogen and oxygen atoms in total. The highest BCUT2D eigenvalue weighted by Crippen LogP contribution is 2.39. The number of methoxy groups -OCH3 is 1. The second-order valence-electron chi connectivity index (χ2n) is 10.2. The molecule has 0 amide bonds. The number of carbonyl (C=O) groups is 1. The lowest BCUT2D eigenvalue weighted by atomic mass is 9.99. The van der Waals surface area contributed by atoms with Crippen LogP contribution < -0.4 is 10.4 Å². The van der Waals surface area contributed by atoms with Gasteiger partial charge in [0, 0.05) is 6.42 Å². The fraction of sp³-hybridized carbons (Fsp3) is 0.161. The van der Waals surface area contributed by atoms with Gasteiger partial charge in [0.15, 0.2) is 17.2 Å². The molecule has 0 N–H and O–H groups in total. The lowest BCUT2D eigenvalue weighted by Gasteiger charge is -2.27. The molecule has 1 aliphatic rings. The maximum atomic E-state index is 15.3. The van der Waals surface area contributed by atoms with Gasteiger partial charge in [0.1, 0.15) is 17.7 Å². The molecule has 0 unspecified atom stereocenters. The Balaban J connectivity index is 1.46. The van der Waals surface area contributed by atoms with Crippen LogP contribution in [0.15, 0.2) is 71.9 Å². The first-order valence-corrected chi connectivity index (χ1v) is 13.5. The Labute approximate surface area is 247 Å². The standard InChI is InChI=1S/C31H21F2N7O4/c1-43-29(41)19-4-2-3-18(11-19)15-38-25-14-35-30(39-16-36-22-8-5-17(13-34)12-24(22)39)37-28(25)40(31(38)42)23-9-10-44-27-21(33)7-6-20(32)26(23)27/h2-8,11-12,14,16,23H,9-10,15H2,1H3/t23-/m1/s1. The number of nitriles is 1. The van der Waals surface area contributed by atoms with Crippen LogP contribution in [0.3, 0.4) is 0 Å². The fourth-order valence-corrected chi connectivity index (χ4v) is 5.61. The average Bonchev–Trinajstić information content (AvgIpc) is 3.59. The van der Waals surface area contributed by atoms with Crippen molar-refractivity contribution in [3.05, 3.63) is 111 Å². The number of ether oxygens (including phenoxy) is 2. The van der Waals surface area contributed by atoms with Crippen LogP contribution in [0.4, 0.5) is 8.78 Å². The summed E-state index contributed by atoms with van der Waals surface area (Å²) in [6.07, 6.45) is 3.15. The summed E-state index contributed by atoms with van der Waals surface area (Å²) in [5.74, 6) is -2.09. The number of nitrogens with zero attached hydrogens (tertiary/aromatic N) is 7. The van der Waals surface area contributed by atoms with E-state index in [2.05, 4.69) is 16.0 Å². The lowest BCUT2D eigenvalue weighted by Crippen LogP contribution is -2.32. The van der Waals surface area contributed by atoms with Crippen molar-refractivity contribution in [3.8, 4) is 17.8 Å². The zero-order valence-corrected chi connectivity index (χ0v) is 23.1. The van der Waals surface area contributed by atoms with Gasteiger partial charge < -0.3 is 9.47 Å². The van der Waals surface area contributed by atoms with Crippen LogP contribution in [-0.2, 0) is 11.3 Å². The van der Waals surface area contributed by atoms with Gasteiger partial charge in [-0.25, -0.2) is 28.3 Å². The Bertz CT molecular complexity index is 2230. The zero-order valence-electron chi connectivity index (χ0n) is 23.1. The van der Waals surface area contributed by atoms with Crippen molar-refractivity contribution >= 4 is 28.2 Å². The average molecular weight is 594 g/mol. The highest BCUT2D eigenvalue weighted by atomic mass is 19.1. The molecule has 218 valence electrons. The molecule has 0 radical (unpaired) electrons. The molecule has 0 saturated carbocycles. The van der Waals surface area contributed by atoms with Gasteiger partial charge in [-0.15, -0.1) is 0 Å². The number of imidazole rings is 2. The number of halogens is 2. The van der Waals surface area contributed by atoms with Crippen molar-refractivity contribution < 1.29 is 23.0 Å². The summed E-state index contributed by atoms with van der Waals surface area (Å²) < 4.78 is 44.7. The molecule has 0 saturated heterocycles. The molecule has 0 bridgehead atoms. The highest BCUT2D eigenvalue weighted by Gasteiger charge is 2.33. The Hall–Kier alpha value is -5.90. The molecular weight excluding hydrogens is 572 g/mol. The number of benzene rings is 3. The van der Waals surface area contributed by atoms with Gasteiger partial charge in [-0.1, -0.05) is 12.1 Å². The van der Waals surface area contributed by atoms with Crippen LogP contribution in [-0.4, -0.2) is 48.3 Å². The number of carbonyl (C=O) groups excluding carboxylic acids is 1. The van der Waals surface area contributed by atoms with Crippen LogP contribution in [0.25, 0.3) is 28.1 Å². The summed E-state index contributed by atoms with van der Waals surface area (Å²) in [4.78, 5) is 40.0. The minimum Gasteiger partial charge on any atom is -0.490 e. The third kappa shape index (κ3) is 4.27. The van der Waals surface area contributed by atoms with Crippen molar-refractivity contribution in [1.29, 1.82) is 5.26 Å². The van der Waals surface area contributed by atoms with E-state index in [1.54, 1.807) is 47.0 Å². The Morgan fingerprint density at radius 1 is 1.11 bits per heavy atom. The first-order valence-electron chi connectivity index (χ1n) is 13.5. The molecule has 0 aliphatic carbocycles. The molecule has 7 rings (SSSR count). The molecule has 1 atom stereocenters. The van der Waals surface area contributed by atoms with Crippen LogP contribution in [0.2, 0.25) is 0 Å². The normalized spacial score (nSPS) is 14.3. The molecular formula is C31H21F2N7O4. The van der Waals surface area contributed by atoms with Gasteiger partial charge in [0.05, 0.1) is 66.3 Å². The predicted molar refractivity (Wildman–Crippen MR) is 153 cm³/mol. The van der Waals surface area contributed by atoms with Gasteiger partial charge in [-0.05, 0) is 48.0 Å². The molecule has 44 heavy (non-hydrogen) atoms. The third-order valence-corrected chi connectivity index (χ3v) is 7.65. The first kappa shape index (κ1) is 27.0. The van der Waals surface area contributed by atoms with E-state index < -0.39 is 29.3 Å². The van der Waals surface area contributed by atoms with Gasteiger partial charge in [-0.2, -0.15) is 10.2 Å². The van der Waals surface area contributed by atoms with E-state index in [1.807, 2.05) is 0 Å². The molecule has 13 heteroatoms. The minimum atomic E-state index is -0.945. The Kier molecular flexibility index (Phi) is 6.39. The van der Waals surface area contributed by atoms with Crippen molar-refractivity contribution in [2.45, 2.75) is 19.0 Å². The number of esters is 1. The van der Waals surface area contributed by atoms with Crippen molar-refractivity contribution in [1.82, 2.24) is 28.7 Å². The first-order chi connectivity index (χ1) is 21.4. The number of aromatic nitrogens is 6.